The first kappa shape index (κ1) is 16.4. The number of halogens is 3. The van der Waals surface area contributed by atoms with Gasteiger partial charge in [-0.15, -0.1) is 12.4 Å². The molecular weight excluding hydrogens is 357 g/mol. The standard InChI is InChI=1S/C11H15Br2NO.ClH/c1-2-3-10(15)11(14)7-4-5-8(12)9(13)6-7;/h4-6,10-11,15H,2-3,14H2,1H3;1H/t10-,11+;/m0./s1. The van der Waals surface area contributed by atoms with Gasteiger partial charge >= 0.3 is 0 Å². The van der Waals surface area contributed by atoms with Gasteiger partial charge in [-0.05, 0) is 56.0 Å². The Morgan fingerprint density at radius 1 is 1.31 bits per heavy atom. The summed E-state index contributed by atoms with van der Waals surface area (Å²) in [4.78, 5) is 0. The summed E-state index contributed by atoms with van der Waals surface area (Å²) in [6.45, 7) is 2.04. The topological polar surface area (TPSA) is 46.2 Å². The number of benzene rings is 1. The van der Waals surface area contributed by atoms with E-state index in [0.29, 0.717) is 0 Å². The summed E-state index contributed by atoms with van der Waals surface area (Å²) in [5, 5.41) is 9.78. The third-order valence-electron chi connectivity index (χ3n) is 2.33. The van der Waals surface area contributed by atoms with Crippen LogP contribution < -0.4 is 5.73 Å². The van der Waals surface area contributed by atoms with E-state index in [-0.39, 0.29) is 18.4 Å². The molecule has 0 fully saturated rings. The number of aliphatic hydroxyl groups is 1. The number of aliphatic hydroxyl groups excluding tert-OH is 1. The van der Waals surface area contributed by atoms with E-state index in [1.165, 1.54) is 0 Å². The molecule has 0 bridgehead atoms. The summed E-state index contributed by atoms with van der Waals surface area (Å²) < 4.78 is 1.95. The molecule has 0 spiro atoms. The van der Waals surface area contributed by atoms with Crippen molar-refractivity contribution in [2.24, 2.45) is 5.73 Å². The minimum atomic E-state index is -0.469. The summed E-state index contributed by atoms with van der Waals surface area (Å²) in [7, 11) is 0. The first-order valence-electron chi connectivity index (χ1n) is 4.94. The van der Waals surface area contributed by atoms with Crippen LogP contribution in [0, 0.1) is 0 Å². The van der Waals surface area contributed by atoms with Crippen molar-refractivity contribution in [2.75, 3.05) is 0 Å². The molecular formula is C11H16Br2ClNO. The molecule has 2 atom stereocenters. The maximum Gasteiger partial charge on any atom is 0.0732 e. The molecule has 0 aliphatic carbocycles. The van der Waals surface area contributed by atoms with Gasteiger partial charge in [-0.25, -0.2) is 0 Å². The lowest BCUT2D eigenvalue weighted by Gasteiger charge is -2.19. The first-order chi connectivity index (χ1) is 7.06. The van der Waals surface area contributed by atoms with E-state index in [1.54, 1.807) is 0 Å². The lowest BCUT2D eigenvalue weighted by molar-refractivity contribution is 0.134. The molecule has 16 heavy (non-hydrogen) atoms. The van der Waals surface area contributed by atoms with E-state index in [9.17, 15) is 5.11 Å². The largest absolute Gasteiger partial charge is 0.391 e. The lowest BCUT2D eigenvalue weighted by atomic mass is 9.99. The molecule has 0 saturated carbocycles. The maximum absolute atomic E-state index is 9.78. The van der Waals surface area contributed by atoms with Gasteiger partial charge in [0.05, 0.1) is 12.1 Å². The maximum atomic E-state index is 9.78. The Morgan fingerprint density at radius 3 is 2.44 bits per heavy atom. The lowest BCUT2D eigenvalue weighted by Crippen LogP contribution is -2.25. The zero-order valence-corrected chi connectivity index (χ0v) is 13.0. The van der Waals surface area contributed by atoms with Crippen LogP contribution >= 0.6 is 44.3 Å². The summed E-state index contributed by atoms with van der Waals surface area (Å²) in [6, 6.07) is 5.48. The fourth-order valence-corrected chi connectivity index (χ4v) is 2.06. The monoisotopic (exact) mass is 371 g/mol. The molecule has 5 heteroatoms. The highest BCUT2D eigenvalue weighted by molar-refractivity contribution is 9.13. The van der Waals surface area contributed by atoms with E-state index < -0.39 is 6.10 Å². The fraction of sp³-hybridized carbons (Fsp3) is 0.455. The van der Waals surface area contributed by atoms with Crippen molar-refractivity contribution in [2.45, 2.75) is 31.9 Å². The van der Waals surface area contributed by atoms with E-state index in [2.05, 4.69) is 31.9 Å². The van der Waals surface area contributed by atoms with Crippen LogP contribution in [0.15, 0.2) is 27.1 Å². The highest BCUT2D eigenvalue weighted by atomic mass is 79.9. The Bertz CT molecular complexity index is 336. The smallest absolute Gasteiger partial charge is 0.0732 e. The van der Waals surface area contributed by atoms with Gasteiger partial charge in [0.15, 0.2) is 0 Å². The van der Waals surface area contributed by atoms with Crippen LogP contribution in [0.1, 0.15) is 31.4 Å². The first-order valence-corrected chi connectivity index (χ1v) is 6.53. The van der Waals surface area contributed by atoms with Crippen molar-refractivity contribution < 1.29 is 5.11 Å². The molecule has 92 valence electrons. The molecule has 0 aliphatic rings. The molecule has 0 unspecified atom stereocenters. The second-order valence-electron chi connectivity index (χ2n) is 3.56. The Morgan fingerprint density at radius 2 is 1.94 bits per heavy atom. The van der Waals surface area contributed by atoms with Crippen LogP contribution in [0.2, 0.25) is 0 Å². The van der Waals surface area contributed by atoms with E-state index in [4.69, 9.17) is 5.73 Å². The predicted octanol–water partition coefficient (Wildman–Crippen LogP) is 3.79. The molecule has 0 aliphatic heterocycles. The highest BCUT2D eigenvalue weighted by Crippen LogP contribution is 2.27. The minimum absolute atomic E-state index is 0. The van der Waals surface area contributed by atoms with Gasteiger partial charge in [0.2, 0.25) is 0 Å². The van der Waals surface area contributed by atoms with Crippen molar-refractivity contribution >= 4 is 44.3 Å². The van der Waals surface area contributed by atoms with Gasteiger partial charge in [0.25, 0.3) is 0 Å². The summed E-state index contributed by atoms with van der Waals surface area (Å²) >= 11 is 6.81. The summed E-state index contributed by atoms with van der Waals surface area (Å²) in [6.07, 6.45) is 1.20. The average molecular weight is 374 g/mol. The summed E-state index contributed by atoms with van der Waals surface area (Å²) in [5.41, 5.74) is 6.91. The second-order valence-corrected chi connectivity index (χ2v) is 5.26. The van der Waals surface area contributed by atoms with Crippen LogP contribution in [0.3, 0.4) is 0 Å². The quantitative estimate of drug-likeness (QED) is 0.843. The van der Waals surface area contributed by atoms with Crippen LogP contribution in [-0.2, 0) is 0 Å². The van der Waals surface area contributed by atoms with E-state index in [0.717, 1.165) is 27.4 Å². The molecule has 1 aromatic carbocycles. The van der Waals surface area contributed by atoms with Crippen LogP contribution in [0.4, 0.5) is 0 Å². The number of hydrogen-bond donors (Lipinski definition) is 2. The Hall–Kier alpha value is 0.390. The van der Waals surface area contributed by atoms with Crippen molar-refractivity contribution in [1.29, 1.82) is 0 Å². The fourth-order valence-electron chi connectivity index (χ4n) is 1.42. The molecule has 1 aromatic rings. The zero-order valence-electron chi connectivity index (χ0n) is 8.99. The number of hydrogen-bond acceptors (Lipinski definition) is 2. The SMILES string of the molecule is CCC[C@H](O)[C@H](N)c1ccc(Br)c(Br)c1.Cl. The third kappa shape index (κ3) is 4.34. The van der Waals surface area contributed by atoms with Crippen molar-refractivity contribution in [3.63, 3.8) is 0 Å². The van der Waals surface area contributed by atoms with Gasteiger partial charge in [-0.1, -0.05) is 19.4 Å². The second kappa shape index (κ2) is 7.67. The van der Waals surface area contributed by atoms with Crippen molar-refractivity contribution in [3.8, 4) is 0 Å². The van der Waals surface area contributed by atoms with Gasteiger partial charge < -0.3 is 10.8 Å². The van der Waals surface area contributed by atoms with Crippen LogP contribution in [0.25, 0.3) is 0 Å². The van der Waals surface area contributed by atoms with Gasteiger partial charge in [0.1, 0.15) is 0 Å². The molecule has 0 saturated heterocycles. The van der Waals surface area contributed by atoms with Gasteiger partial charge in [-0.2, -0.15) is 0 Å². The molecule has 1 rings (SSSR count). The Labute approximate surface area is 119 Å². The molecule has 0 heterocycles. The van der Waals surface area contributed by atoms with Crippen LogP contribution in [0.5, 0.6) is 0 Å². The zero-order chi connectivity index (χ0) is 11.4. The molecule has 3 N–H and O–H groups in total. The Balaban J connectivity index is 0.00000225. The van der Waals surface area contributed by atoms with E-state index >= 15 is 0 Å². The molecule has 0 radical (unpaired) electrons. The number of rotatable bonds is 4. The normalized spacial score (nSPS) is 14.1. The number of nitrogens with two attached hydrogens (primary N) is 1. The predicted molar refractivity (Wildman–Crippen MR) is 76.9 cm³/mol. The summed E-state index contributed by atoms with van der Waals surface area (Å²) in [5.74, 6) is 0. The molecule has 0 amide bonds. The van der Waals surface area contributed by atoms with Crippen LogP contribution in [-0.4, -0.2) is 11.2 Å². The molecule has 2 nitrogen and oxygen atoms in total. The van der Waals surface area contributed by atoms with Gasteiger partial charge in [0, 0.05) is 8.95 Å². The van der Waals surface area contributed by atoms with Crippen molar-refractivity contribution in [1.82, 2.24) is 0 Å². The average Bonchev–Trinajstić information content (AvgIpc) is 2.21. The van der Waals surface area contributed by atoms with Crippen molar-refractivity contribution in [3.05, 3.63) is 32.7 Å². The highest BCUT2D eigenvalue weighted by Gasteiger charge is 2.16. The van der Waals surface area contributed by atoms with Gasteiger partial charge in [-0.3, -0.25) is 0 Å². The third-order valence-corrected chi connectivity index (χ3v) is 4.21. The molecule has 0 aromatic heterocycles. The Kier molecular flexibility index (Phi) is 7.85. The minimum Gasteiger partial charge on any atom is -0.391 e. The van der Waals surface area contributed by atoms with E-state index in [1.807, 2.05) is 25.1 Å².